The summed E-state index contributed by atoms with van der Waals surface area (Å²) in [7, 11) is 0. The van der Waals surface area contributed by atoms with Gasteiger partial charge in [0.2, 0.25) is 0 Å². The molecular formula is C31H36F3NO4. The number of carbonyl (C=O) groups is 2. The molecule has 5 saturated carbocycles. The van der Waals surface area contributed by atoms with Crippen molar-refractivity contribution in [2.24, 2.45) is 35.0 Å². The molecule has 5 aliphatic carbocycles. The molecule has 2 aromatic carbocycles. The van der Waals surface area contributed by atoms with Crippen LogP contribution >= 0.6 is 0 Å². The molecule has 8 heteroatoms. The average Bonchev–Trinajstić information content (AvgIpc) is 2.89. The quantitative estimate of drug-likeness (QED) is 0.395. The van der Waals surface area contributed by atoms with Crippen molar-refractivity contribution in [3.05, 3.63) is 42.0 Å². The molecule has 4 bridgehead atoms. The third-order valence-corrected chi connectivity index (χ3v) is 10.1. The molecule has 0 saturated heterocycles. The zero-order valence-electron chi connectivity index (χ0n) is 22.0. The summed E-state index contributed by atoms with van der Waals surface area (Å²) >= 11 is 0. The Morgan fingerprint density at radius 2 is 1.56 bits per heavy atom. The predicted molar refractivity (Wildman–Crippen MR) is 140 cm³/mol. The predicted octanol–water partition coefficient (Wildman–Crippen LogP) is 6.99. The SMILES string of the molecule is O=C(NC(C(=O)O)C12CC3CC(CC(C3)C1)C2)c1ccc2ccccc2c1OCC1CCC(C(F)(F)F)CC1. The molecule has 5 aliphatic rings. The van der Waals surface area contributed by atoms with Gasteiger partial charge in [-0.1, -0.05) is 30.3 Å². The molecule has 7 rings (SSSR count). The van der Waals surface area contributed by atoms with Gasteiger partial charge in [-0.3, -0.25) is 4.79 Å². The van der Waals surface area contributed by atoms with Crippen molar-refractivity contribution in [1.82, 2.24) is 5.32 Å². The Bertz CT molecular complexity index is 1210. The molecule has 0 aliphatic heterocycles. The molecule has 5 nitrogen and oxygen atoms in total. The van der Waals surface area contributed by atoms with Crippen LogP contribution in [0.5, 0.6) is 5.75 Å². The standard InChI is InChI=1S/C31H36F3NO4/c32-31(33,34)23-8-5-18(6-9-23)17-39-26-24-4-2-1-3-22(24)7-10-25(26)28(36)35-27(29(37)38)30-14-19-11-20(15-30)13-21(12-19)16-30/h1-4,7,10,18-21,23,27H,5-6,8-9,11-17H2,(H,35,36)(H,37,38). The van der Waals surface area contributed by atoms with Gasteiger partial charge in [0.25, 0.3) is 5.91 Å². The Balaban J connectivity index is 1.23. The summed E-state index contributed by atoms with van der Waals surface area (Å²) in [6.07, 6.45) is 2.91. The molecule has 39 heavy (non-hydrogen) atoms. The minimum absolute atomic E-state index is 0.0303. The van der Waals surface area contributed by atoms with Crippen LogP contribution in [0, 0.1) is 35.0 Å². The Morgan fingerprint density at radius 1 is 0.949 bits per heavy atom. The number of carbonyl (C=O) groups excluding carboxylic acids is 1. The second kappa shape index (κ2) is 10.0. The summed E-state index contributed by atoms with van der Waals surface area (Å²) in [4.78, 5) is 26.3. The minimum Gasteiger partial charge on any atom is -0.492 e. The van der Waals surface area contributed by atoms with E-state index in [1.165, 1.54) is 19.3 Å². The first-order chi connectivity index (χ1) is 18.6. The Morgan fingerprint density at radius 3 is 2.15 bits per heavy atom. The summed E-state index contributed by atoms with van der Waals surface area (Å²) < 4.78 is 45.6. The van der Waals surface area contributed by atoms with Crippen molar-refractivity contribution >= 4 is 22.6 Å². The normalized spacial score (nSPS) is 32.6. The first-order valence-electron chi connectivity index (χ1n) is 14.4. The maximum atomic E-state index is 13.7. The summed E-state index contributed by atoms with van der Waals surface area (Å²) in [6.45, 7) is 0.218. The molecule has 0 aromatic heterocycles. The molecule has 1 atom stereocenters. The molecule has 1 amide bonds. The first kappa shape index (κ1) is 26.5. The van der Waals surface area contributed by atoms with Crippen LogP contribution in [0.3, 0.4) is 0 Å². The highest BCUT2D eigenvalue weighted by molar-refractivity contribution is 6.05. The van der Waals surface area contributed by atoms with Crippen LogP contribution in [0.15, 0.2) is 36.4 Å². The fourth-order valence-corrected chi connectivity index (χ4v) is 8.65. The van der Waals surface area contributed by atoms with Crippen molar-refractivity contribution in [2.75, 3.05) is 6.61 Å². The lowest BCUT2D eigenvalue weighted by Gasteiger charge is -2.58. The number of ether oxygens (including phenoxy) is 1. The number of rotatable bonds is 7. The highest BCUT2D eigenvalue weighted by Gasteiger charge is 2.56. The number of benzene rings is 2. The second-order valence-corrected chi connectivity index (χ2v) is 12.8. The van der Waals surface area contributed by atoms with Crippen molar-refractivity contribution in [3.8, 4) is 5.75 Å². The van der Waals surface area contributed by atoms with Gasteiger partial charge in [-0.2, -0.15) is 13.2 Å². The van der Waals surface area contributed by atoms with Crippen molar-refractivity contribution in [2.45, 2.75) is 76.4 Å². The summed E-state index contributed by atoms with van der Waals surface area (Å²) in [5.41, 5.74) is -0.140. The van der Waals surface area contributed by atoms with Gasteiger partial charge in [-0.05, 0) is 99.3 Å². The molecule has 5 fully saturated rings. The largest absolute Gasteiger partial charge is 0.492 e. The van der Waals surface area contributed by atoms with E-state index in [4.69, 9.17) is 4.74 Å². The number of halogens is 3. The van der Waals surface area contributed by atoms with E-state index in [0.717, 1.165) is 30.0 Å². The molecule has 0 heterocycles. The number of hydrogen-bond donors (Lipinski definition) is 2. The van der Waals surface area contributed by atoms with Gasteiger partial charge in [0, 0.05) is 10.8 Å². The lowest BCUT2D eigenvalue weighted by Crippen LogP contribution is -2.59. The fraction of sp³-hybridized carbons (Fsp3) is 0.613. The molecule has 1 unspecified atom stereocenters. The number of fused-ring (bicyclic) bond motifs is 1. The van der Waals surface area contributed by atoms with E-state index in [-0.39, 0.29) is 30.9 Å². The van der Waals surface area contributed by atoms with Gasteiger partial charge >= 0.3 is 12.1 Å². The number of carboxylic acids is 1. The van der Waals surface area contributed by atoms with Crippen LogP contribution in [0.2, 0.25) is 0 Å². The van der Waals surface area contributed by atoms with Gasteiger partial charge < -0.3 is 15.2 Å². The lowest BCUT2D eigenvalue weighted by molar-refractivity contribution is -0.184. The zero-order chi connectivity index (χ0) is 27.4. The zero-order valence-corrected chi connectivity index (χ0v) is 22.0. The molecule has 210 valence electrons. The van der Waals surface area contributed by atoms with Crippen LogP contribution in [-0.2, 0) is 4.79 Å². The molecule has 0 spiro atoms. The van der Waals surface area contributed by atoms with E-state index in [1.54, 1.807) is 6.07 Å². The smallest absolute Gasteiger partial charge is 0.391 e. The van der Waals surface area contributed by atoms with Crippen LogP contribution in [0.1, 0.15) is 74.6 Å². The number of aliphatic carboxylic acids is 1. The highest BCUT2D eigenvalue weighted by Crippen LogP contribution is 2.61. The maximum absolute atomic E-state index is 13.7. The summed E-state index contributed by atoms with van der Waals surface area (Å²) in [5, 5.41) is 14.8. The highest BCUT2D eigenvalue weighted by atomic mass is 19.4. The Labute approximate surface area is 226 Å². The van der Waals surface area contributed by atoms with Crippen LogP contribution in [0.4, 0.5) is 13.2 Å². The van der Waals surface area contributed by atoms with E-state index >= 15 is 0 Å². The number of nitrogens with one attached hydrogen (secondary N) is 1. The van der Waals surface area contributed by atoms with Crippen LogP contribution in [-0.4, -0.2) is 35.8 Å². The third kappa shape index (κ3) is 5.11. The van der Waals surface area contributed by atoms with Crippen molar-refractivity contribution in [1.29, 1.82) is 0 Å². The van der Waals surface area contributed by atoms with Crippen molar-refractivity contribution in [3.63, 3.8) is 0 Å². The van der Waals surface area contributed by atoms with Gasteiger partial charge in [-0.25, -0.2) is 4.79 Å². The maximum Gasteiger partial charge on any atom is 0.391 e. The minimum atomic E-state index is -4.16. The van der Waals surface area contributed by atoms with Gasteiger partial charge in [0.15, 0.2) is 0 Å². The lowest BCUT2D eigenvalue weighted by atomic mass is 9.47. The van der Waals surface area contributed by atoms with Crippen LogP contribution < -0.4 is 10.1 Å². The van der Waals surface area contributed by atoms with Gasteiger partial charge in [0.1, 0.15) is 11.8 Å². The van der Waals surface area contributed by atoms with E-state index in [1.807, 2.05) is 30.3 Å². The molecular weight excluding hydrogens is 507 g/mol. The van der Waals surface area contributed by atoms with Gasteiger partial charge in [0.05, 0.1) is 18.1 Å². The molecule has 2 aromatic rings. The molecule has 0 radical (unpaired) electrons. The number of carboxylic acid groups (broad SMARTS) is 1. The van der Waals surface area contributed by atoms with E-state index in [0.29, 0.717) is 36.3 Å². The number of amides is 1. The molecule has 2 N–H and O–H groups in total. The Kier molecular flexibility index (Phi) is 6.79. The monoisotopic (exact) mass is 543 g/mol. The van der Waals surface area contributed by atoms with Crippen molar-refractivity contribution < 1.29 is 32.6 Å². The Hall–Kier alpha value is -2.77. The average molecular weight is 544 g/mol. The summed E-state index contributed by atoms with van der Waals surface area (Å²) in [5.74, 6) is -0.749. The first-order valence-corrected chi connectivity index (χ1v) is 14.4. The fourth-order valence-electron chi connectivity index (χ4n) is 8.65. The van der Waals surface area contributed by atoms with E-state index < -0.39 is 35.4 Å². The topological polar surface area (TPSA) is 75.6 Å². The van der Waals surface area contributed by atoms with Crippen LogP contribution in [0.25, 0.3) is 10.8 Å². The number of hydrogen-bond acceptors (Lipinski definition) is 3. The van der Waals surface area contributed by atoms with E-state index in [9.17, 15) is 27.9 Å². The summed E-state index contributed by atoms with van der Waals surface area (Å²) in [6, 6.07) is 10.0. The number of alkyl halides is 3. The third-order valence-electron chi connectivity index (χ3n) is 10.1. The van der Waals surface area contributed by atoms with E-state index in [2.05, 4.69) is 5.32 Å². The van der Waals surface area contributed by atoms with Gasteiger partial charge in [-0.15, -0.1) is 0 Å². The second-order valence-electron chi connectivity index (χ2n) is 12.8.